The van der Waals surface area contributed by atoms with E-state index in [1.54, 1.807) is 13.4 Å². The summed E-state index contributed by atoms with van der Waals surface area (Å²) in [7, 11) is 1.60. The fourth-order valence-electron chi connectivity index (χ4n) is 3.33. The van der Waals surface area contributed by atoms with E-state index in [1.165, 1.54) is 0 Å². The number of nitriles is 1. The Morgan fingerprint density at radius 3 is 2.68 bits per heavy atom. The standard InChI is InChI=1S/C25H20BrN3O2/c1-30-24-13-19(12-21(26)25(24)31-16-18-7-3-2-4-8-18)11-20(14-27)15-29-17-28-22-9-5-6-10-23(22)29/h2-13,17H,15-16H2,1H3/b20-11-. The lowest BCUT2D eigenvalue weighted by Gasteiger charge is -2.14. The summed E-state index contributed by atoms with van der Waals surface area (Å²) in [6.07, 6.45) is 3.61. The van der Waals surface area contributed by atoms with Gasteiger partial charge in [-0.3, -0.25) is 0 Å². The molecule has 6 heteroatoms. The molecule has 0 aliphatic heterocycles. The summed E-state index contributed by atoms with van der Waals surface area (Å²) < 4.78 is 14.3. The highest BCUT2D eigenvalue weighted by atomic mass is 79.9. The molecule has 0 radical (unpaired) electrons. The van der Waals surface area contributed by atoms with Gasteiger partial charge in [0.15, 0.2) is 11.5 Å². The topological polar surface area (TPSA) is 60.1 Å². The van der Waals surface area contributed by atoms with Crippen LogP contribution >= 0.6 is 15.9 Å². The molecule has 0 fully saturated rings. The van der Waals surface area contributed by atoms with E-state index < -0.39 is 0 Å². The molecule has 4 rings (SSSR count). The van der Waals surface area contributed by atoms with Gasteiger partial charge in [-0.1, -0.05) is 42.5 Å². The predicted octanol–water partition coefficient (Wildman–Crippen LogP) is 5.99. The number of nitrogens with zero attached hydrogens (tertiary/aromatic N) is 3. The third kappa shape index (κ3) is 4.79. The number of methoxy groups -OCH3 is 1. The summed E-state index contributed by atoms with van der Waals surface area (Å²) in [6.45, 7) is 0.866. The van der Waals surface area contributed by atoms with Crippen molar-refractivity contribution in [1.29, 1.82) is 5.26 Å². The first kappa shape index (κ1) is 20.7. The first-order valence-corrected chi connectivity index (χ1v) is 10.5. The van der Waals surface area contributed by atoms with Gasteiger partial charge < -0.3 is 14.0 Å². The summed E-state index contributed by atoms with van der Waals surface area (Å²) in [6, 6.07) is 23.9. The quantitative estimate of drug-likeness (QED) is 0.309. The molecule has 3 aromatic carbocycles. The molecular formula is C25H20BrN3O2. The first-order valence-electron chi connectivity index (χ1n) is 9.72. The van der Waals surface area contributed by atoms with Gasteiger partial charge in [-0.05, 0) is 57.4 Å². The van der Waals surface area contributed by atoms with Crippen LogP contribution in [0.4, 0.5) is 0 Å². The highest BCUT2D eigenvalue weighted by Crippen LogP contribution is 2.37. The van der Waals surface area contributed by atoms with Crippen molar-refractivity contribution in [3.63, 3.8) is 0 Å². The van der Waals surface area contributed by atoms with E-state index in [0.29, 0.717) is 30.2 Å². The van der Waals surface area contributed by atoms with Crippen molar-refractivity contribution in [2.75, 3.05) is 7.11 Å². The first-order chi connectivity index (χ1) is 15.2. The largest absolute Gasteiger partial charge is 0.493 e. The number of allylic oxidation sites excluding steroid dienone is 1. The number of imidazole rings is 1. The molecule has 0 saturated heterocycles. The zero-order chi connectivity index (χ0) is 21.6. The van der Waals surface area contributed by atoms with E-state index in [1.807, 2.05) is 77.4 Å². The van der Waals surface area contributed by atoms with Crippen molar-refractivity contribution in [2.24, 2.45) is 0 Å². The smallest absolute Gasteiger partial charge is 0.175 e. The lowest BCUT2D eigenvalue weighted by molar-refractivity contribution is 0.282. The molecule has 1 heterocycles. The van der Waals surface area contributed by atoms with Crippen LogP contribution in [0.5, 0.6) is 11.5 Å². The van der Waals surface area contributed by atoms with Crippen LogP contribution in [0, 0.1) is 11.3 Å². The van der Waals surface area contributed by atoms with Gasteiger partial charge in [0.1, 0.15) is 6.61 Å². The lowest BCUT2D eigenvalue weighted by Crippen LogP contribution is -2.00. The molecule has 0 spiro atoms. The number of para-hydroxylation sites is 2. The number of rotatable bonds is 7. The summed E-state index contributed by atoms with van der Waals surface area (Å²) >= 11 is 3.59. The van der Waals surface area contributed by atoms with Crippen molar-refractivity contribution >= 4 is 33.0 Å². The minimum atomic E-state index is 0.433. The van der Waals surface area contributed by atoms with Gasteiger partial charge in [-0.15, -0.1) is 0 Å². The van der Waals surface area contributed by atoms with Crippen LogP contribution in [0.25, 0.3) is 17.1 Å². The fourth-order valence-corrected chi connectivity index (χ4v) is 3.90. The Labute approximate surface area is 189 Å². The third-order valence-electron chi connectivity index (χ3n) is 4.83. The van der Waals surface area contributed by atoms with Crippen LogP contribution in [0.2, 0.25) is 0 Å². The molecule has 5 nitrogen and oxygen atoms in total. The summed E-state index contributed by atoms with van der Waals surface area (Å²) in [5, 5.41) is 9.70. The minimum absolute atomic E-state index is 0.433. The average Bonchev–Trinajstić information content (AvgIpc) is 3.21. The highest BCUT2D eigenvalue weighted by Gasteiger charge is 2.12. The second-order valence-corrected chi connectivity index (χ2v) is 7.81. The average molecular weight is 474 g/mol. The van der Waals surface area contributed by atoms with E-state index >= 15 is 0 Å². The Morgan fingerprint density at radius 2 is 1.90 bits per heavy atom. The maximum Gasteiger partial charge on any atom is 0.175 e. The summed E-state index contributed by atoms with van der Waals surface area (Å²) in [4.78, 5) is 4.39. The summed E-state index contributed by atoms with van der Waals surface area (Å²) in [5.74, 6) is 1.23. The van der Waals surface area contributed by atoms with Crippen LogP contribution in [-0.2, 0) is 13.2 Å². The van der Waals surface area contributed by atoms with Crippen molar-refractivity contribution in [3.05, 3.63) is 94.2 Å². The Hall–Kier alpha value is -3.56. The minimum Gasteiger partial charge on any atom is -0.493 e. The molecule has 31 heavy (non-hydrogen) atoms. The Morgan fingerprint density at radius 1 is 1.13 bits per heavy atom. The monoisotopic (exact) mass is 473 g/mol. The van der Waals surface area contributed by atoms with Gasteiger partial charge in [-0.25, -0.2) is 4.98 Å². The van der Waals surface area contributed by atoms with Crippen molar-refractivity contribution in [2.45, 2.75) is 13.2 Å². The van der Waals surface area contributed by atoms with Crippen LogP contribution in [0.1, 0.15) is 11.1 Å². The molecule has 0 amide bonds. The van der Waals surface area contributed by atoms with Gasteiger partial charge in [0.25, 0.3) is 0 Å². The van der Waals surface area contributed by atoms with E-state index in [4.69, 9.17) is 9.47 Å². The number of halogens is 1. The van der Waals surface area contributed by atoms with E-state index in [9.17, 15) is 5.26 Å². The number of ether oxygens (including phenoxy) is 2. The van der Waals surface area contributed by atoms with Crippen LogP contribution < -0.4 is 9.47 Å². The predicted molar refractivity (Wildman–Crippen MR) is 125 cm³/mol. The molecule has 4 aromatic rings. The Kier molecular flexibility index (Phi) is 6.34. The van der Waals surface area contributed by atoms with Crippen LogP contribution in [-0.4, -0.2) is 16.7 Å². The molecule has 0 unspecified atom stereocenters. The highest BCUT2D eigenvalue weighted by molar-refractivity contribution is 9.10. The Bertz CT molecular complexity index is 1270. The van der Waals surface area contributed by atoms with Crippen molar-refractivity contribution in [3.8, 4) is 17.6 Å². The van der Waals surface area contributed by atoms with Crippen LogP contribution in [0.3, 0.4) is 0 Å². The van der Waals surface area contributed by atoms with Gasteiger partial charge in [0.2, 0.25) is 0 Å². The molecular weight excluding hydrogens is 454 g/mol. The number of aromatic nitrogens is 2. The summed E-state index contributed by atoms with van der Waals surface area (Å²) in [5.41, 5.74) is 4.42. The third-order valence-corrected chi connectivity index (χ3v) is 5.42. The maximum absolute atomic E-state index is 9.70. The molecule has 0 atom stereocenters. The fraction of sp³-hybridized carbons (Fsp3) is 0.120. The van der Waals surface area contributed by atoms with Gasteiger partial charge >= 0.3 is 0 Å². The molecule has 0 bridgehead atoms. The van der Waals surface area contributed by atoms with Crippen molar-refractivity contribution < 1.29 is 9.47 Å². The normalized spacial score (nSPS) is 11.3. The van der Waals surface area contributed by atoms with Gasteiger partial charge in [-0.2, -0.15) is 5.26 Å². The second kappa shape index (κ2) is 9.50. The van der Waals surface area contributed by atoms with Gasteiger partial charge in [0, 0.05) is 5.57 Å². The zero-order valence-corrected chi connectivity index (χ0v) is 18.5. The molecule has 0 N–H and O–H groups in total. The van der Waals surface area contributed by atoms with E-state index in [-0.39, 0.29) is 0 Å². The number of hydrogen-bond donors (Lipinski definition) is 0. The SMILES string of the molecule is COc1cc(/C=C(/C#N)Cn2cnc3ccccc32)cc(Br)c1OCc1ccccc1. The maximum atomic E-state index is 9.70. The second-order valence-electron chi connectivity index (χ2n) is 6.95. The van der Waals surface area contributed by atoms with Crippen LogP contribution in [0.15, 0.2) is 83.1 Å². The van der Waals surface area contributed by atoms with E-state index in [0.717, 1.165) is 26.6 Å². The number of hydrogen-bond acceptors (Lipinski definition) is 4. The molecule has 1 aromatic heterocycles. The molecule has 0 aliphatic rings. The molecule has 0 saturated carbocycles. The lowest BCUT2D eigenvalue weighted by atomic mass is 10.1. The number of fused-ring (bicyclic) bond motifs is 1. The van der Waals surface area contributed by atoms with E-state index in [2.05, 4.69) is 27.0 Å². The zero-order valence-electron chi connectivity index (χ0n) is 17.0. The van der Waals surface area contributed by atoms with Gasteiger partial charge in [0.05, 0.1) is 41.6 Å². The Balaban J connectivity index is 1.58. The van der Waals surface area contributed by atoms with Crippen molar-refractivity contribution in [1.82, 2.24) is 9.55 Å². The molecule has 0 aliphatic carbocycles. The molecule has 154 valence electrons. The number of benzene rings is 3.